The lowest BCUT2D eigenvalue weighted by Gasteiger charge is -2.26. The zero-order valence-corrected chi connectivity index (χ0v) is 25.4. The van der Waals surface area contributed by atoms with Gasteiger partial charge < -0.3 is 18.9 Å². The number of rotatable bonds is 12. The molecule has 0 spiro atoms. The van der Waals surface area contributed by atoms with Crippen molar-refractivity contribution in [3.63, 3.8) is 0 Å². The first-order valence-electron chi connectivity index (χ1n) is 15.6. The highest BCUT2D eigenvalue weighted by Crippen LogP contribution is 2.34. The van der Waals surface area contributed by atoms with E-state index in [0.29, 0.717) is 24.7 Å². The fraction of sp³-hybridized carbons (Fsp3) is 0.514. The van der Waals surface area contributed by atoms with Crippen LogP contribution in [0.4, 0.5) is 0 Å². The van der Waals surface area contributed by atoms with Crippen molar-refractivity contribution in [3.8, 4) is 23.0 Å². The lowest BCUT2D eigenvalue weighted by Crippen LogP contribution is -2.33. The van der Waals surface area contributed by atoms with Crippen LogP contribution in [0.5, 0.6) is 23.0 Å². The summed E-state index contributed by atoms with van der Waals surface area (Å²) in [7, 11) is 3.31. The van der Waals surface area contributed by atoms with Gasteiger partial charge >= 0.3 is 0 Å². The number of likely N-dealkylation sites (tertiary alicyclic amines) is 2. The summed E-state index contributed by atoms with van der Waals surface area (Å²) in [6.45, 7) is 7.76. The number of ether oxygens (including phenoxy) is 4. The maximum Gasteiger partial charge on any atom is 0.185 e. The van der Waals surface area contributed by atoms with Gasteiger partial charge in [0.1, 0.15) is 13.2 Å². The molecule has 42 heavy (non-hydrogen) atoms. The second-order valence-corrected chi connectivity index (χ2v) is 11.5. The molecule has 226 valence electrons. The summed E-state index contributed by atoms with van der Waals surface area (Å²) in [6.07, 6.45) is 13.1. The molecule has 7 heteroatoms. The van der Waals surface area contributed by atoms with E-state index in [1.54, 1.807) is 14.2 Å². The molecule has 0 aromatic heterocycles. The molecule has 3 fully saturated rings. The molecule has 2 heterocycles. The quantitative estimate of drug-likeness (QED) is 0.277. The summed E-state index contributed by atoms with van der Waals surface area (Å²) in [5.41, 5.74) is 3.50. The molecule has 3 aliphatic rings. The van der Waals surface area contributed by atoms with Gasteiger partial charge in [-0.25, -0.2) is 0 Å². The first-order valence-corrected chi connectivity index (χ1v) is 15.6. The van der Waals surface area contributed by atoms with Crippen LogP contribution in [0.25, 0.3) is 12.2 Å². The SMILES string of the molecule is COc1cc(/C=C2\CC/C(=C\c3ccc(OCCN4CCCCC4)c(OC)c3)C2=O)ccc1OCCN1CCCCC1. The molecule has 7 nitrogen and oxygen atoms in total. The van der Waals surface area contributed by atoms with Gasteiger partial charge in [0.2, 0.25) is 0 Å². The monoisotopic (exact) mass is 574 g/mol. The first kappa shape index (κ1) is 30.2. The number of nitrogens with zero attached hydrogens (tertiary/aromatic N) is 2. The molecule has 1 aliphatic carbocycles. The van der Waals surface area contributed by atoms with Crippen LogP contribution in [-0.2, 0) is 4.79 Å². The number of benzene rings is 2. The third kappa shape index (κ3) is 8.17. The smallest absolute Gasteiger partial charge is 0.185 e. The molecule has 0 amide bonds. The van der Waals surface area contributed by atoms with Crippen molar-refractivity contribution in [2.45, 2.75) is 51.4 Å². The van der Waals surface area contributed by atoms with Crippen LogP contribution in [0, 0.1) is 0 Å². The number of carbonyl (C=O) groups is 1. The molecular weight excluding hydrogens is 528 g/mol. The highest BCUT2D eigenvalue weighted by Gasteiger charge is 2.23. The Balaban J connectivity index is 1.18. The molecule has 2 aliphatic heterocycles. The highest BCUT2D eigenvalue weighted by atomic mass is 16.5. The molecule has 2 saturated heterocycles. The summed E-state index contributed by atoms with van der Waals surface area (Å²) >= 11 is 0. The molecule has 2 aromatic carbocycles. The number of ketones is 1. The average Bonchev–Trinajstić information content (AvgIpc) is 3.37. The van der Waals surface area contributed by atoms with E-state index in [0.717, 1.165) is 85.9 Å². The van der Waals surface area contributed by atoms with Crippen LogP contribution in [0.1, 0.15) is 62.5 Å². The van der Waals surface area contributed by atoms with Gasteiger partial charge in [-0.15, -0.1) is 0 Å². The van der Waals surface area contributed by atoms with E-state index in [9.17, 15) is 4.79 Å². The van der Waals surface area contributed by atoms with Crippen molar-refractivity contribution >= 4 is 17.9 Å². The van der Waals surface area contributed by atoms with Crippen LogP contribution >= 0.6 is 0 Å². The molecule has 5 rings (SSSR count). The second kappa shape index (κ2) is 15.3. The number of hydrogen-bond acceptors (Lipinski definition) is 7. The number of allylic oxidation sites excluding steroid dienone is 2. The summed E-state index contributed by atoms with van der Waals surface area (Å²) < 4.78 is 23.3. The standard InChI is InChI=1S/C35H46N2O5/c1-39-33-25-27(9-13-31(33)41-21-19-36-15-5-3-6-16-36)23-29-11-12-30(35(29)38)24-28-10-14-32(34(26-28)40-2)42-22-20-37-17-7-4-8-18-37/h9-10,13-14,23-26H,3-8,11-12,15-22H2,1-2H3/b29-23+,30-24+. The first-order chi connectivity index (χ1) is 20.6. The van der Waals surface area contributed by atoms with E-state index in [4.69, 9.17) is 18.9 Å². The Morgan fingerprint density at radius 1 is 0.619 bits per heavy atom. The van der Waals surface area contributed by atoms with Gasteiger partial charge in [0.05, 0.1) is 14.2 Å². The molecule has 0 radical (unpaired) electrons. The Morgan fingerprint density at radius 2 is 1.05 bits per heavy atom. The van der Waals surface area contributed by atoms with Crippen molar-refractivity contribution in [1.29, 1.82) is 0 Å². The molecule has 0 atom stereocenters. The van der Waals surface area contributed by atoms with Gasteiger partial charge in [-0.2, -0.15) is 0 Å². The van der Waals surface area contributed by atoms with E-state index in [-0.39, 0.29) is 5.78 Å². The van der Waals surface area contributed by atoms with E-state index < -0.39 is 0 Å². The predicted octanol–water partition coefficient (Wildman–Crippen LogP) is 6.26. The third-order valence-corrected chi connectivity index (χ3v) is 8.53. The Labute approximate surface area is 251 Å². The largest absolute Gasteiger partial charge is 0.493 e. The highest BCUT2D eigenvalue weighted by molar-refractivity contribution is 6.15. The van der Waals surface area contributed by atoms with E-state index in [1.165, 1.54) is 38.5 Å². The summed E-state index contributed by atoms with van der Waals surface area (Å²) in [5.74, 6) is 2.95. The van der Waals surface area contributed by atoms with E-state index in [2.05, 4.69) is 9.80 Å². The molecule has 0 unspecified atom stereocenters. The third-order valence-electron chi connectivity index (χ3n) is 8.53. The number of carbonyl (C=O) groups excluding carboxylic acids is 1. The van der Waals surface area contributed by atoms with Crippen LogP contribution in [0.15, 0.2) is 47.5 Å². The van der Waals surface area contributed by atoms with Gasteiger partial charge in [0.15, 0.2) is 28.8 Å². The molecular formula is C35H46N2O5. The van der Waals surface area contributed by atoms with Crippen molar-refractivity contribution in [3.05, 3.63) is 58.7 Å². The summed E-state index contributed by atoms with van der Waals surface area (Å²) in [5, 5.41) is 0. The van der Waals surface area contributed by atoms with Crippen LogP contribution in [0.2, 0.25) is 0 Å². The number of Topliss-reactive ketones (excluding diaryl/α,β-unsaturated/α-hetero) is 1. The Bertz CT molecular complexity index is 1160. The number of hydrogen-bond donors (Lipinski definition) is 0. The zero-order valence-electron chi connectivity index (χ0n) is 25.4. The molecule has 1 saturated carbocycles. The fourth-order valence-electron chi connectivity index (χ4n) is 6.10. The zero-order chi connectivity index (χ0) is 29.1. The molecule has 2 aromatic rings. The minimum absolute atomic E-state index is 0.0941. The Morgan fingerprint density at radius 3 is 1.45 bits per heavy atom. The number of methoxy groups -OCH3 is 2. The normalized spacial score (nSPS) is 20.3. The fourth-order valence-corrected chi connectivity index (χ4v) is 6.10. The van der Waals surface area contributed by atoms with Crippen molar-refractivity contribution in [2.24, 2.45) is 0 Å². The topological polar surface area (TPSA) is 60.5 Å². The summed E-state index contributed by atoms with van der Waals surface area (Å²) in [6, 6.07) is 11.8. The minimum atomic E-state index is 0.0941. The van der Waals surface area contributed by atoms with Crippen molar-refractivity contribution < 1.29 is 23.7 Å². The predicted molar refractivity (Wildman–Crippen MR) is 168 cm³/mol. The lowest BCUT2D eigenvalue weighted by molar-refractivity contribution is -0.111. The lowest BCUT2D eigenvalue weighted by atomic mass is 10.1. The van der Waals surface area contributed by atoms with Gasteiger partial charge in [0.25, 0.3) is 0 Å². The minimum Gasteiger partial charge on any atom is -0.493 e. The van der Waals surface area contributed by atoms with E-state index in [1.807, 2.05) is 48.6 Å². The van der Waals surface area contributed by atoms with Crippen molar-refractivity contribution in [1.82, 2.24) is 9.80 Å². The maximum absolute atomic E-state index is 13.3. The van der Waals surface area contributed by atoms with Crippen LogP contribution < -0.4 is 18.9 Å². The Kier molecular flexibility index (Phi) is 11.0. The number of piperidine rings is 2. The molecule has 0 N–H and O–H groups in total. The van der Waals surface area contributed by atoms with Gasteiger partial charge in [-0.3, -0.25) is 14.6 Å². The maximum atomic E-state index is 13.3. The van der Waals surface area contributed by atoms with Gasteiger partial charge in [-0.1, -0.05) is 25.0 Å². The molecule has 0 bridgehead atoms. The van der Waals surface area contributed by atoms with Crippen LogP contribution in [-0.4, -0.2) is 82.3 Å². The average molecular weight is 575 g/mol. The second-order valence-electron chi connectivity index (χ2n) is 11.5. The summed E-state index contributed by atoms with van der Waals surface area (Å²) in [4.78, 5) is 18.2. The van der Waals surface area contributed by atoms with Crippen LogP contribution in [0.3, 0.4) is 0 Å². The van der Waals surface area contributed by atoms with Gasteiger partial charge in [0, 0.05) is 24.2 Å². The van der Waals surface area contributed by atoms with Gasteiger partial charge in [-0.05, 0) is 112 Å². The Hall–Kier alpha value is -3.29. The van der Waals surface area contributed by atoms with E-state index >= 15 is 0 Å². The van der Waals surface area contributed by atoms with Crippen molar-refractivity contribution in [2.75, 3.05) is 66.7 Å².